The maximum atomic E-state index is 13.7. The molecular formula is C20H17F3N2O2S. The number of carboxylic acids is 1. The van der Waals surface area contributed by atoms with Crippen LogP contribution in [-0.2, 0) is 11.0 Å². The van der Waals surface area contributed by atoms with Gasteiger partial charge in [-0.1, -0.05) is 30.3 Å². The van der Waals surface area contributed by atoms with E-state index >= 15 is 0 Å². The van der Waals surface area contributed by atoms with Crippen LogP contribution < -0.4 is 0 Å². The number of halogens is 3. The Kier molecular flexibility index (Phi) is 4.84. The van der Waals surface area contributed by atoms with E-state index in [0.29, 0.717) is 29.9 Å². The molecule has 4 nitrogen and oxygen atoms in total. The standard InChI is InChI=1S/C20H17F3N2O2S/c21-20(22,23)13-7-2-1-6-12(13)17(25-11-5-9-15(25)19(26)27)18-24-14-8-3-4-10-16(14)28-18/h1-4,6-8,10,15,17H,5,9,11H2,(H,26,27). The highest BCUT2D eigenvalue weighted by Crippen LogP contribution is 2.43. The summed E-state index contributed by atoms with van der Waals surface area (Å²) in [5.74, 6) is -1.02. The SMILES string of the molecule is O=C(O)C1CCCN1C(c1nc2ccccc2s1)c1ccccc1C(F)(F)F. The predicted octanol–water partition coefficient (Wildman–Crippen LogP) is 4.95. The molecule has 0 bridgehead atoms. The first-order chi connectivity index (χ1) is 13.4. The molecule has 0 saturated carbocycles. The van der Waals surface area contributed by atoms with Crippen molar-refractivity contribution in [2.45, 2.75) is 31.1 Å². The molecule has 0 spiro atoms. The minimum Gasteiger partial charge on any atom is -0.480 e. The number of nitrogens with zero attached hydrogens (tertiary/aromatic N) is 2. The summed E-state index contributed by atoms with van der Waals surface area (Å²) < 4.78 is 42.0. The average molecular weight is 406 g/mol. The number of carbonyl (C=O) groups is 1. The first-order valence-electron chi connectivity index (χ1n) is 8.86. The third-order valence-corrected chi connectivity index (χ3v) is 6.10. The van der Waals surface area contributed by atoms with Crippen LogP contribution in [0.5, 0.6) is 0 Å². The smallest absolute Gasteiger partial charge is 0.416 e. The van der Waals surface area contributed by atoms with Crippen molar-refractivity contribution in [3.8, 4) is 0 Å². The molecule has 1 fully saturated rings. The van der Waals surface area contributed by atoms with Gasteiger partial charge in [0.05, 0.1) is 21.8 Å². The third kappa shape index (κ3) is 3.38. The minimum absolute atomic E-state index is 0.0437. The molecule has 2 unspecified atom stereocenters. The number of thiazole rings is 1. The number of fused-ring (bicyclic) bond motifs is 1. The predicted molar refractivity (Wildman–Crippen MR) is 100 cm³/mol. The molecule has 2 aromatic carbocycles. The summed E-state index contributed by atoms with van der Waals surface area (Å²) in [6.07, 6.45) is -3.51. The van der Waals surface area contributed by atoms with Crippen molar-refractivity contribution in [3.63, 3.8) is 0 Å². The third-order valence-electron chi connectivity index (χ3n) is 5.02. The van der Waals surface area contributed by atoms with E-state index in [-0.39, 0.29) is 5.56 Å². The van der Waals surface area contributed by atoms with Crippen molar-refractivity contribution in [2.75, 3.05) is 6.54 Å². The monoisotopic (exact) mass is 406 g/mol. The first-order valence-corrected chi connectivity index (χ1v) is 9.68. The Bertz CT molecular complexity index is 985. The number of benzene rings is 2. The summed E-state index contributed by atoms with van der Waals surface area (Å²) in [5, 5.41) is 10.1. The Morgan fingerprint density at radius 1 is 1.18 bits per heavy atom. The molecule has 1 saturated heterocycles. The highest BCUT2D eigenvalue weighted by molar-refractivity contribution is 7.18. The summed E-state index contributed by atoms with van der Waals surface area (Å²) in [4.78, 5) is 18.0. The molecule has 4 rings (SSSR count). The number of likely N-dealkylation sites (tertiary alicyclic amines) is 1. The number of rotatable bonds is 4. The number of para-hydroxylation sites is 1. The van der Waals surface area contributed by atoms with Crippen LogP contribution in [0, 0.1) is 0 Å². The Labute approximate surface area is 163 Å². The summed E-state index contributed by atoms with van der Waals surface area (Å²) in [7, 11) is 0. The number of hydrogen-bond donors (Lipinski definition) is 1. The molecule has 3 aromatic rings. The normalized spacial score (nSPS) is 19.2. The molecular weight excluding hydrogens is 389 g/mol. The number of hydrogen-bond acceptors (Lipinski definition) is 4. The van der Waals surface area contributed by atoms with Crippen molar-refractivity contribution < 1.29 is 23.1 Å². The van der Waals surface area contributed by atoms with E-state index in [4.69, 9.17) is 0 Å². The number of aliphatic carboxylic acids is 1. The molecule has 0 aliphatic carbocycles. The van der Waals surface area contributed by atoms with Crippen molar-refractivity contribution in [1.82, 2.24) is 9.88 Å². The van der Waals surface area contributed by atoms with Gasteiger partial charge < -0.3 is 5.11 Å². The Morgan fingerprint density at radius 2 is 1.89 bits per heavy atom. The Hall–Kier alpha value is -2.45. The van der Waals surface area contributed by atoms with Crippen molar-refractivity contribution in [1.29, 1.82) is 0 Å². The average Bonchev–Trinajstić information content (AvgIpc) is 3.28. The molecule has 2 atom stereocenters. The lowest BCUT2D eigenvalue weighted by Gasteiger charge is -2.31. The van der Waals surface area contributed by atoms with E-state index in [9.17, 15) is 23.1 Å². The zero-order valence-corrected chi connectivity index (χ0v) is 15.5. The van der Waals surface area contributed by atoms with Gasteiger partial charge in [-0.15, -0.1) is 11.3 Å². The Morgan fingerprint density at radius 3 is 2.61 bits per heavy atom. The lowest BCUT2D eigenvalue weighted by atomic mass is 9.98. The summed E-state index contributed by atoms with van der Waals surface area (Å²) in [6, 6.07) is 11.0. The highest BCUT2D eigenvalue weighted by atomic mass is 32.1. The van der Waals surface area contributed by atoms with Gasteiger partial charge in [-0.3, -0.25) is 9.69 Å². The molecule has 2 heterocycles. The van der Waals surface area contributed by atoms with Gasteiger partial charge in [0.15, 0.2) is 0 Å². The summed E-state index contributed by atoms with van der Waals surface area (Å²) in [5.41, 5.74) is -0.0134. The second kappa shape index (κ2) is 7.18. The van der Waals surface area contributed by atoms with E-state index in [1.807, 2.05) is 18.2 Å². The van der Waals surface area contributed by atoms with Crippen LogP contribution in [0.3, 0.4) is 0 Å². The lowest BCUT2D eigenvalue weighted by molar-refractivity contribution is -0.143. The fraction of sp³-hybridized carbons (Fsp3) is 0.300. The van der Waals surface area contributed by atoms with Gasteiger partial charge >= 0.3 is 12.1 Å². The van der Waals surface area contributed by atoms with Crippen molar-refractivity contribution in [2.24, 2.45) is 0 Å². The largest absolute Gasteiger partial charge is 0.480 e. The van der Waals surface area contributed by atoms with E-state index in [0.717, 1.165) is 10.8 Å². The molecule has 0 amide bonds. The number of aromatic nitrogens is 1. The van der Waals surface area contributed by atoms with E-state index in [1.165, 1.54) is 23.5 Å². The van der Waals surface area contributed by atoms with Crippen LogP contribution in [0.25, 0.3) is 10.2 Å². The van der Waals surface area contributed by atoms with Crippen molar-refractivity contribution >= 4 is 27.5 Å². The molecule has 1 N–H and O–H groups in total. The first kappa shape index (κ1) is 18.9. The van der Waals surface area contributed by atoms with Gasteiger partial charge in [0.2, 0.25) is 0 Å². The minimum atomic E-state index is -4.54. The Balaban J connectivity index is 1.91. The maximum Gasteiger partial charge on any atom is 0.416 e. The lowest BCUT2D eigenvalue weighted by Crippen LogP contribution is -2.39. The molecule has 8 heteroatoms. The van der Waals surface area contributed by atoms with Crippen LogP contribution in [0.2, 0.25) is 0 Å². The zero-order valence-electron chi connectivity index (χ0n) is 14.7. The second-order valence-corrected chi connectivity index (χ2v) is 7.80. The maximum absolute atomic E-state index is 13.7. The second-order valence-electron chi connectivity index (χ2n) is 6.74. The van der Waals surface area contributed by atoms with Gasteiger partial charge in [0.25, 0.3) is 0 Å². The van der Waals surface area contributed by atoms with Gasteiger partial charge in [-0.25, -0.2) is 4.98 Å². The number of carboxylic acid groups (broad SMARTS) is 1. The van der Waals surface area contributed by atoms with E-state index in [1.54, 1.807) is 17.0 Å². The molecule has 0 radical (unpaired) electrons. The highest BCUT2D eigenvalue weighted by Gasteiger charge is 2.42. The molecule has 28 heavy (non-hydrogen) atoms. The van der Waals surface area contributed by atoms with Crippen LogP contribution in [-0.4, -0.2) is 33.5 Å². The fourth-order valence-corrected chi connectivity index (χ4v) is 4.93. The molecule has 1 aliphatic heterocycles. The van der Waals surface area contributed by atoms with E-state index < -0.39 is 29.8 Å². The quantitative estimate of drug-likeness (QED) is 0.666. The number of alkyl halides is 3. The fourth-order valence-electron chi connectivity index (χ4n) is 3.82. The van der Waals surface area contributed by atoms with Gasteiger partial charge in [-0.2, -0.15) is 13.2 Å². The van der Waals surface area contributed by atoms with Crippen LogP contribution in [0.4, 0.5) is 13.2 Å². The summed E-state index contributed by atoms with van der Waals surface area (Å²) in [6.45, 7) is 0.406. The molecule has 1 aliphatic rings. The molecule has 1 aromatic heterocycles. The van der Waals surface area contributed by atoms with Crippen LogP contribution >= 0.6 is 11.3 Å². The van der Waals surface area contributed by atoms with Crippen molar-refractivity contribution in [3.05, 3.63) is 64.7 Å². The topological polar surface area (TPSA) is 53.4 Å². The van der Waals surface area contributed by atoms with Crippen LogP contribution in [0.1, 0.15) is 35.0 Å². The van der Waals surface area contributed by atoms with E-state index in [2.05, 4.69) is 4.98 Å². The van der Waals surface area contributed by atoms with Crippen LogP contribution in [0.15, 0.2) is 48.5 Å². The molecule has 146 valence electrons. The summed E-state index contributed by atoms with van der Waals surface area (Å²) >= 11 is 1.31. The van der Waals surface area contributed by atoms with Gasteiger partial charge in [0.1, 0.15) is 11.0 Å². The zero-order chi connectivity index (χ0) is 19.9. The van der Waals surface area contributed by atoms with Gasteiger partial charge in [0, 0.05) is 6.54 Å². The van der Waals surface area contributed by atoms with Gasteiger partial charge in [-0.05, 0) is 36.6 Å².